The van der Waals surface area contributed by atoms with E-state index in [1.807, 2.05) is 11.8 Å². The smallest absolute Gasteiger partial charge is 0.227 e. The summed E-state index contributed by atoms with van der Waals surface area (Å²) in [4.78, 5) is 25.3. The maximum Gasteiger partial charge on any atom is 0.227 e. The van der Waals surface area contributed by atoms with Crippen LogP contribution in [-0.4, -0.2) is 59.7 Å². The predicted molar refractivity (Wildman–Crippen MR) is 79.0 cm³/mol. The van der Waals surface area contributed by atoms with Crippen LogP contribution in [0.15, 0.2) is 18.6 Å². The molecule has 21 heavy (non-hydrogen) atoms. The molecule has 1 aromatic rings. The summed E-state index contributed by atoms with van der Waals surface area (Å²) in [6.45, 7) is 5.77. The van der Waals surface area contributed by atoms with Crippen LogP contribution in [0.1, 0.15) is 19.8 Å². The zero-order chi connectivity index (χ0) is 14.7. The van der Waals surface area contributed by atoms with E-state index >= 15 is 0 Å². The highest BCUT2D eigenvalue weighted by molar-refractivity contribution is 5.79. The molecule has 114 valence electrons. The number of ether oxygens (including phenoxy) is 1. The summed E-state index contributed by atoms with van der Waals surface area (Å²) >= 11 is 0. The third kappa shape index (κ3) is 3.32. The van der Waals surface area contributed by atoms with E-state index in [0.29, 0.717) is 19.7 Å². The fraction of sp³-hybridized carbons (Fsp3) is 0.667. The molecule has 3 rings (SSSR count). The number of carbonyl (C=O) groups is 1. The van der Waals surface area contributed by atoms with Crippen molar-refractivity contribution in [3.63, 3.8) is 0 Å². The Morgan fingerprint density at radius 1 is 1.33 bits per heavy atom. The Morgan fingerprint density at radius 2 is 2.24 bits per heavy atom. The minimum Gasteiger partial charge on any atom is -0.375 e. The second kappa shape index (κ2) is 6.39. The van der Waals surface area contributed by atoms with Gasteiger partial charge in [0, 0.05) is 38.6 Å². The number of amides is 1. The molecule has 0 spiro atoms. The molecule has 0 unspecified atom stereocenters. The second-order valence-electron chi connectivity index (χ2n) is 5.81. The van der Waals surface area contributed by atoms with Crippen LogP contribution in [-0.2, 0) is 9.53 Å². The number of piperidine rings is 1. The zero-order valence-corrected chi connectivity index (χ0v) is 12.4. The maximum atomic E-state index is 12.7. The molecule has 0 bridgehead atoms. The van der Waals surface area contributed by atoms with Crippen LogP contribution in [0, 0.1) is 5.92 Å². The van der Waals surface area contributed by atoms with E-state index < -0.39 is 0 Å². The lowest BCUT2D eigenvalue weighted by Crippen LogP contribution is -2.50. The van der Waals surface area contributed by atoms with Crippen molar-refractivity contribution < 1.29 is 9.53 Å². The van der Waals surface area contributed by atoms with Crippen LogP contribution in [0.3, 0.4) is 0 Å². The van der Waals surface area contributed by atoms with E-state index in [1.165, 1.54) is 0 Å². The number of rotatable bonds is 2. The molecule has 1 aromatic heterocycles. The topological polar surface area (TPSA) is 58.6 Å². The van der Waals surface area contributed by atoms with Crippen molar-refractivity contribution in [1.82, 2.24) is 14.9 Å². The molecule has 3 heterocycles. The van der Waals surface area contributed by atoms with E-state index in [9.17, 15) is 4.79 Å². The number of hydrogen-bond donors (Lipinski definition) is 0. The number of anilines is 1. The van der Waals surface area contributed by atoms with Gasteiger partial charge in [0.15, 0.2) is 0 Å². The Labute approximate surface area is 125 Å². The third-order valence-corrected chi connectivity index (χ3v) is 4.20. The summed E-state index contributed by atoms with van der Waals surface area (Å²) in [6, 6.07) is 0. The van der Waals surface area contributed by atoms with Crippen molar-refractivity contribution in [1.29, 1.82) is 0 Å². The average molecular weight is 290 g/mol. The van der Waals surface area contributed by atoms with Gasteiger partial charge >= 0.3 is 0 Å². The van der Waals surface area contributed by atoms with E-state index in [1.54, 1.807) is 18.6 Å². The van der Waals surface area contributed by atoms with E-state index in [4.69, 9.17) is 4.74 Å². The maximum absolute atomic E-state index is 12.7. The number of hydrogen-bond acceptors (Lipinski definition) is 5. The van der Waals surface area contributed by atoms with Gasteiger partial charge in [-0.05, 0) is 19.8 Å². The fourth-order valence-corrected chi connectivity index (χ4v) is 3.12. The van der Waals surface area contributed by atoms with Gasteiger partial charge in [-0.3, -0.25) is 9.78 Å². The van der Waals surface area contributed by atoms with Gasteiger partial charge < -0.3 is 14.5 Å². The lowest BCUT2D eigenvalue weighted by Gasteiger charge is -2.37. The lowest BCUT2D eigenvalue weighted by atomic mass is 9.96. The number of carbonyl (C=O) groups excluding carboxylic acids is 1. The van der Waals surface area contributed by atoms with Crippen molar-refractivity contribution in [2.24, 2.45) is 5.92 Å². The fourth-order valence-electron chi connectivity index (χ4n) is 3.12. The minimum absolute atomic E-state index is 0.0612. The number of morpholine rings is 1. The van der Waals surface area contributed by atoms with Crippen LogP contribution in [0.2, 0.25) is 0 Å². The monoisotopic (exact) mass is 290 g/mol. The third-order valence-electron chi connectivity index (χ3n) is 4.20. The molecule has 2 aliphatic rings. The number of aromatic nitrogens is 2. The summed E-state index contributed by atoms with van der Waals surface area (Å²) in [5.41, 5.74) is 0. The van der Waals surface area contributed by atoms with E-state index in [0.717, 1.165) is 31.7 Å². The van der Waals surface area contributed by atoms with Crippen molar-refractivity contribution in [3.8, 4) is 0 Å². The van der Waals surface area contributed by atoms with Gasteiger partial charge in [0.2, 0.25) is 5.91 Å². The van der Waals surface area contributed by atoms with Crippen molar-refractivity contribution in [3.05, 3.63) is 18.6 Å². The van der Waals surface area contributed by atoms with Gasteiger partial charge in [0.1, 0.15) is 5.82 Å². The van der Waals surface area contributed by atoms with Gasteiger partial charge in [-0.2, -0.15) is 0 Å². The Morgan fingerprint density at radius 3 is 3.00 bits per heavy atom. The normalized spacial score (nSPS) is 26.7. The molecule has 6 nitrogen and oxygen atoms in total. The molecule has 2 saturated heterocycles. The van der Waals surface area contributed by atoms with E-state index in [2.05, 4.69) is 14.9 Å². The highest BCUT2D eigenvalue weighted by atomic mass is 16.5. The standard InChI is InChI=1S/C15H22N4O2/c1-12-10-19(7-8-21-12)15(20)13-3-2-6-18(11-13)14-9-16-4-5-17-14/h4-5,9,12-13H,2-3,6-8,10-11H2,1H3/t12-,13+/m1/s1. The summed E-state index contributed by atoms with van der Waals surface area (Å²) in [5, 5.41) is 0. The molecule has 0 N–H and O–H groups in total. The lowest BCUT2D eigenvalue weighted by molar-refractivity contribution is -0.142. The highest BCUT2D eigenvalue weighted by Gasteiger charge is 2.31. The Hall–Kier alpha value is -1.69. The molecule has 2 aliphatic heterocycles. The molecule has 0 aliphatic carbocycles. The molecule has 0 aromatic carbocycles. The van der Waals surface area contributed by atoms with Gasteiger partial charge in [-0.1, -0.05) is 0 Å². The molecule has 2 fully saturated rings. The molecule has 2 atom stereocenters. The Kier molecular flexibility index (Phi) is 4.34. The Bertz CT molecular complexity index is 482. The minimum atomic E-state index is 0.0612. The first kappa shape index (κ1) is 14.3. The van der Waals surface area contributed by atoms with Crippen molar-refractivity contribution in [2.75, 3.05) is 37.7 Å². The quantitative estimate of drug-likeness (QED) is 0.811. The first-order valence-corrected chi connectivity index (χ1v) is 7.65. The van der Waals surface area contributed by atoms with Crippen molar-refractivity contribution >= 4 is 11.7 Å². The van der Waals surface area contributed by atoms with E-state index in [-0.39, 0.29) is 17.9 Å². The van der Waals surface area contributed by atoms with Crippen LogP contribution < -0.4 is 4.90 Å². The largest absolute Gasteiger partial charge is 0.375 e. The molecular formula is C15H22N4O2. The SMILES string of the molecule is C[C@@H]1CN(C(=O)[C@H]2CCCN(c3cnccn3)C2)CCO1. The summed E-state index contributed by atoms with van der Waals surface area (Å²) in [7, 11) is 0. The zero-order valence-electron chi connectivity index (χ0n) is 12.4. The summed E-state index contributed by atoms with van der Waals surface area (Å²) in [6.07, 6.45) is 7.26. The molecule has 0 radical (unpaired) electrons. The van der Waals surface area contributed by atoms with Gasteiger partial charge in [-0.25, -0.2) is 4.98 Å². The first-order chi connectivity index (χ1) is 10.2. The first-order valence-electron chi connectivity index (χ1n) is 7.65. The molecule has 0 saturated carbocycles. The van der Waals surface area contributed by atoms with Crippen LogP contribution in [0.4, 0.5) is 5.82 Å². The number of nitrogens with zero attached hydrogens (tertiary/aromatic N) is 4. The van der Waals surface area contributed by atoms with Crippen LogP contribution >= 0.6 is 0 Å². The second-order valence-corrected chi connectivity index (χ2v) is 5.81. The summed E-state index contributed by atoms with van der Waals surface area (Å²) in [5.74, 6) is 1.19. The predicted octanol–water partition coefficient (Wildman–Crippen LogP) is 0.940. The highest BCUT2D eigenvalue weighted by Crippen LogP contribution is 2.23. The van der Waals surface area contributed by atoms with Gasteiger partial charge in [-0.15, -0.1) is 0 Å². The van der Waals surface area contributed by atoms with Gasteiger partial charge in [0.05, 0.1) is 24.8 Å². The average Bonchev–Trinajstić information content (AvgIpc) is 2.55. The van der Waals surface area contributed by atoms with Gasteiger partial charge in [0.25, 0.3) is 0 Å². The van der Waals surface area contributed by atoms with Crippen LogP contribution in [0.5, 0.6) is 0 Å². The van der Waals surface area contributed by atoms with Crippen molar-refractivity contribution in [2.45, 2.75) is 25.9 Å². The molecule has 1 amide bonds. The Balaban J connectivity index is 1.64. The van der Waals surface area contributed by atoms with Crippen LogP contribution in [0.25, 0.3) is 0 Å². The summed E-state index contributed by atoms with van der Waals surface area (Å²) < 4.78 is 5.51. The molecular weight excluding hydrogens is 268 g/mol. The molecule has 6 heteroatoms.